The highest BCUT2D eigenvalue weighted by atomic mass is 19.1. The van der Waals surface area contributed by atoms with E-state index in [4.69, 9.17) is 20.4 Å². The van der Waals surface area contributed by atoms with Gasteiger partial charge in [-0.2, -0.15) is 0 Å². The first kappa shape index (κ1) is 28.3. The Balaban J connectivity index is 1.36. The van der Waals surface area contributed by atoms with Gasteiger partial charge in [-0.3, -0.25) is 14.9 Å². The number of nitrogens with zero attached hydrogens (tertiary/aromatic N) is 5. The molecule has 0 spiro atoms. The summed E-state index contributed by atoms with van der Waals surface area (Å²) in [4.78, 5) is 18.6. The quantitative estimate of drug-likeness (QED) is 0.407. The fraction of sp³-hybridized carbons (Fsp3) is 0.452. The van der Waals surface area contributed by atoms with Gasteiger partial charge in [0.15, 0.2) is 0 Å². The fourth-order valence-corrected chi connectivity index (χ4v) is 5.39. The molecule has 0 atom stereocenters. The molecule has 2 fully saturated rings. The predicted octanol–water partition coefficient (Wildman–Crippen LogP) is 5.25. The predicted molar refractivity (Wildman–Crippen MR) is 156 cm³/mol. The smallest absolute Gasteiger partial charge is 0.131 e. The van der Waals surface area contributed by atoms with Gasteiger partial charge in [0.1, 0.15) is 11.6 Å². The number of aromatic nitrogens is 2. The average Bonchev–Trinajstić information content (AvgIpc) is 3.44. The molecule has 3 aromatic rings. The molecule has 5 rings (SSSR count). The summed E-state index contributed by atoms with van der Waals surface area (Å²) >= 11 is 0. The third kappa shape index (κ3) is 6.71. The first-order valence-corrected chi connectivity index (χ1v) is 13.9. The van der Waals surface area contributed by atoms with Gasteiger partial charge >= 0.3 is 0 Å². The molecule has 212 valence electrons. The minimum atomic E-state index is -0.591. The summed E-state index contributed by atoms with van der Waals surface area (Å²) < 4.78 is 35.5. The lowest BCUT2D eigenvalue weighted by molar-refractivity contribution is 0.136. The Hall–Kier alpha value is -3.27. The van der Waals surface area contributed by atoms with E-state index < -0.39 is 11.6 Å². The van der Waals surface area contributed by atoms with Gasteiger partial charge in [0.25, 0.3) is 0 Å². The number of hydrogen-bond acceptors (Lipinski definition) is 7. The molecule has 3 heterocycles. The van der Waals surface area contributed by atoms with Crippen LogP contribution in [0.4, 0.5) is 8.78 Å². The van der Waals surface area contributed by atoms with Crippen LogP contribution in [0, 0.1) is 17.0 Å². The van der Waals surface area contributed by atoms with E-state index in [-0.39, 0.29) is 23.6 Å². The molecule has 2 aliphatic heterocycles. The van der Waals surface area contributed by atoms with Gasteiger partial charge in [0.2, 0.25) is 0 Å². The molecule has 7 nitrogen and oxygen atoms in total. The number of aliphatic imine (C=N–C) groups is 1. The van der Waals surface area contributed by atoms with Gasteiger partial charge in [-0.25, -0.2) is 13.8 Å². The summed E-state index contributed by atoms with van der Waals surface area (Å²) in [5.41, 5.74) is 9.69. The van der Waals surface area contributed by atoms with Crippen LogP contribution in [0.15, 0.2) is 47.7 Å². The van der Waals surface area contributed by atoms with Crippen molar-refractivity contribution in [1.29, 1.82) is 0 Å². The Morgan fingerprint density at radius 1 is 1.12 bits per heavy atom. The fourth-order valence-electron chi connectivity index (χ4n) is 5.39. The summed E-state index contributed by atoms with van der Waals surface area (Å²) in [5.74, 6) is -1.18. The molecule has 2 aromatic carbocycles. The van der Waals surface area contributed by atoms with Crippen LogP contribution in [0.3, 0.4) is 0 Å². The van der Waals surface area contributed by atoms with Crippen molar-refractivity contribution >= 4 is 22.8 Å². The molecule has 1 aromatic heterocycles. The molecule has 2 saturated heterocycles. The molecule has 0 radical (unpaired) electrons. The van der Waals surface area contributed by atoms with Gasteiger partial charge in [0, 0.05) is 61.8 Å². The maximum Gasteiger partial charge on any atom is 0.131 e. The number of allylic oxidation sites excluding steroid dienone is 1. The van der Waals surface area contributed by atoms with Crippen molar-refractivity contribution in [2.45, 2.75) is 46.2 Å². The number of rotatable bonds is 7. The van der Waals surface area contributed by atoms with Crippen molar-refractivity contribution in [3.8, 4) is 11.1 Å². The van der Waals surface area contributed by atoms with E-state index in [0.717, 1.165) is 32.5 Å². The number of ether oxygens (including phenoxy) is 1. The number of likely N-dealkylation sites (tertiary alicyclic amines) is 1. The zero-order chi connectivity index (χ0) is 28.3. The van der Waals surface area contributed by atoms with E-state index in [1.54, 1.807) is 18.5 Å². The van der Waals surface area contributed by atoms with E-state index in [9.17, 15) is 0 Å². The van der Waals surface area contributed by atoms with Crippen LogP contribution in [0.5, 0.6) is 0 Å². The maximum atomic E-state index is 15.1. The van der Waals surface area contributed by atoms with Crippen molar-refractivity contribution in [1.82, 2.24) is 19.8 Å². The SMILES string of the molecule is CC(C)(C)CN1CCC(N=CC(=CN)c2cnc3cccc(-c4cc(F)c(CN5CCOC5)c(F)c4)c3n2)CC1. The van der Waals surface area contributed by atoms with Gasteiger partial charge in [-0.1, -0.05) is 32.9 Å². The summed E-state index contributed by atoms with van der Waals surface area (Å²) in [5, 5.41) is 0. The second-order valence-corrected chi connectivity index (χ2v) is 11.9. The third-order valence-corrected chi connectivity index (χ3v) is 7.39. The molecule has 0 amide bonds. The number of fused-ring (bicyclic) bond motifs is 1. The second-order valence-electron chi connectivity index (χ2n) is 11.9. The molecule has 2 aliphatic rings. The van der Waals surface area contributed by atoms with Crippen molar-refractivity contribution in [3.05, 3.63) is 65.6 Å². The number of nitrogens with two attached hydrogens (primary N) is 1. The number of hydrogen-bond donors (Lipinski definition) is 1. The highest BCUT2D eigenvalue weighted by Gasteiger charge is 2.23. The number of halogens is 2. The Morgan fingerprint density at radius 2 is 1.88 bits per heavy atom. The molecule has 0 saturated carbocycles. The minimum absolute atomic E-state index is 0.0371. The van der Waals surface area contributed by atoms with Crippen LogP contribution >= 0.6 is 0 Å². The van der Waals surface area contributed by atoms with Crippen LogP contribution in [0.1, 0.15) is 44.9 Å². The van der Waals surface area contributed by atoms with E-state index in [1.165, 1.54) is 18.3 Å². The molecule has 9 heteroatoms. The van der Waals surface area contributed by atoms with E-state index in [2.05, 4.69) is 30.7 Å². The monoisotopic (exact) mass is 548 g/mol. The van der Waals surface area contributed by atoms with Gasteiger partial charge in [-0.05, 0) is 42.0 Å². The molecule has 40 heavy (non-hydrogen) atoms. The van der Waals surface area contributed by atoms with Crippen molar-refractivity contribution < 1.29 is 13.5 Å². The lowest BCUT2D eigenvalue weighted by Gasteiger charge is -2.34. The molecule has 0 unspecified atom stereocenters. The van der Waals surface area contributed by atoms with Crippen molar-refractivity contribution in [2.24, 2.45) is 16.1 Å². The number of benzene rings is 2. The third-order valence-electron chi connectivity index (χ3n) is 7.39. The summed E-state index contributed by atoms with van der Waals surface area (Å²) in [6.07, 6.45) is 6.91. The summed E-state index contributed by atoms with van der Waals surface area (Å²) in [7, 11) is 0. The highest BCUT2D eigenvalue weighted by Crippen LogP contribution is 2.31. The van der Waals surface area contributed by atoms with E-state index >= 15 is 8.78 Å². The van der Waals surface area contributed by atoms with Gasteiger partial charge < -0.3 is 15.4 Å². The first-order valence-electron chi connectivity index (χ1n) is 13.9. The second kappa shape index (κ2) is 12.1. The standard InChI is InChI=1S/C31H38F2N6O/c1-31(2,3)19-38-9-7-23(8-10-38)35-16-22(15-34)29-17-36-28-6-4-5-24(30(28)37-29)21-13-26(32)25(27(33)14-21)18-39-11-12-40-20-39/h4-6,13-17,23H,7-12,18-20,34H2,1-3H3. The normalized spacial score (nSPS) is 18.4. The first-order chi connectivity index (χ1) is 19.2. The highest BCUT2D eigenvalue weighted by molar-refractivity contribution is 6.09. The van der Waals surface area contributed by atoms with Crippen LogP contribution in [0.2, 0.25) is 0 Å². The van der Waals surface area contributed by atoms with Crippen LogP contribution in [-0.4, -0.2) is 71.5 Å². The minimum Gasteiger partial charge on any atom is -0.404 e. The van der Waals surface area contributed by atoms with E-state index in [1.807, 2.05) is 17.0 Å². The molecular formula is C31H38F2N6O. The zero-order valence-corrected chi connectivity index (χ0v) is 23.5. The molecular weight excluding hydrogens is 510 g/mol. The topological polar surface area (TPSA) is 79.9 Å². The summed E-state index contributed by atoms with van der Waals surface area (Å²) in [6, 6.07) is 8.40. The summed E-state index contributed by atoms with van der Waals surface area (Å²) in [6.45, 7) is 11.7. The molecule has 0 aliphatic carbocycles. The zero-order valence-electron chi connectivity index (χ0n) is 23.5. The Morgan fingerprint density at radius 3 is 2.52 bits per heavy atom. The lowest BCUT2D eigenvalue weighted by Crippen LogP contribution is -2.40. The van der Waals surface area contributed by atoms with Crippen LogP contribution in [0.25, 0.3) is 27.7 Å². The maximum absolute atomic E-state index is 15.1. The Labute approximate surface area is 234 Å². The largest absolute Gasteiger partial charge is 0.404 e. The van der Waals surface area contributed by atoms with Crippen molar-refractivity contribution in [2.75, 3.05) is 39.5 Å². The van der Waals surface area contributed by atoms with Crippen molar-refractivity contribution in [3.63, 3.8) is 0 Å². The average molecular weight is 549 g/mol. The molecule has 0 bridgehead atoms. The number of para-hydroxylation sites is 1. The van der Waals surface area contributed by atoms with Gasteiger partial charge in [-0.15, -0.1) is 0 Å². The van der Waals surface area contributed by atoms with Gasteiger partial charge in [0.05, 0.1) is 42.3 Å². The van der Waals surface area contributed by atoms with Crippen LogP contribution in [-0.2, 0) is 11.3 Å². The van der Waals surface area contributed by atoms with Crippen LogP contribution < -0.4 is 5.73 Å². The Kier molecular flexibility index (Phi) is 8.54. The lowest BCUT2D eigenvalue weighted by atomic mass is 9.94. The number of piperidine rings is 1. The Bertz CT molecular complexity index is 1380. The van der Waals surface area contributed by atoms with E-state index in [0.29, 0.717) is 53.3 Å². The molecule has 2 N–H and O–H groups in total.